The van der Waals surface area contributed by atoms with E-state index in [1.807, 2.05) is 6.26 Å². The standard InChI is InChI=1S/C17H36OSi/c1-6-7-8-9-10-11-12-13-14-15-18-16-17(2,3)19(4)5/h14-15,19H,6-13,16H2,1-5H3/b15-14+. The zero-order chi connectivity index (χ0) is 14.6. The van der Waals surface area contributed by atoms with Crippen molar-refractivity contribution in [3.05, 3.63) is 12.3 Å². The van der Waals surface area contributed by atoms with Crippen LogP contribution in [0.2, 0.25) is 18.1 Å². The minimum Gasteiger partial charge on any atom is -0.501 e. The first-order valence-electron chi connectivity index (χ1n) is 8.27. The van der Waals surface area contributed by atoms with Gasteiger partial charge in [-0.2, -0.15) is 0 Å². The van der Waals surface area contributed by atoms with Gasteiger partial charge in [0.15, 0.2) is 0 Å². The van der Waals surface area contributed by atoms with Crippen LogP contribution in [0.15, 0.2) is 12.3 Å². The third kappa shape index (κ3) is 11.3. The Bertz CT molecular complexity index is 221. The van der Waals surface area contributed by atoms with E-state index < -0.39 is 8.80 Å². The van der Waals surface area contributed by atoms with Crippen LogP contribution >= 0.6 is 0 Å². The van der Waals surface area contributed by atoms with Crippen LogP contribution in [-0.2, 0) is 4.74 Å². The topological polar surface area (TPSA) is 9.23 Å². The SMILES string of the molecule is CCCCCCCCC/C=C/OCC(C)(C)[SiH](C)C. The summed E-state index contributed by atoms with van der Waals surface area (Å²) in [5.41, 5.74) is 0. The van der Waals surface area contributed by atoms with E-state index in [0.717, 1.165) is 6.61 Å². The Labute approximate surface area is 123 Å². The van der Waals surface area contributed by atoms with E-state index in [4.69, 9.17) is 4.74 Å². The van der Waals surface area contributed by atoms with Gasteiger partial charge < -0.3 is 4.74 Å². The normalized spacial score (nSPS) is 12.5. The summed E-state index contributed by atoms with van der Waals surface area (Å²) in [7, 11) is -0.623. The van der Waals surface area contributed by atoms with Crippen molar-refractivity contribution in [1.29, 1.82) is 0 Å². The molecule has 0 heterocycles. The molecular weight excluding hydrogens is 248 g/mol. The van der Waals surface area contributed by atoms with Crippen LogP contribution in [-0.4, -0.2) is 15.4 Å². The highest BCUT2D eigenvalue weighted by atomic mass is 28.3. The third-order valence-corrected chi connectivity index (χ3v) is 7.48. The lowest BCUT2D eigenvalue weighted by molar-refractivity contribution is 0.215. The van der Waals surface area contributed by atoms with Crippen molar-refractivity contribution in [2.75, 3.05) is 6.61 Å². The monoisotopic (exact) mass is 284 g/mol. The Hall–Kier alpha value is -0.243. The molecule has 114 valence electrons. The maximum Gasteiger partial charge on any atom is 0.0897 e. The van der Waals surface area contributed by atoms with E-state index in [1.54, 1.807) is 0 Å². The molecule has 0 saturated carbocycles. The smallest absolute Gasteiger partial charge is 0.0897 e. The van der Waals surface area contributed by atoms with E-state index in [1.165, 1.54) is 51.4 Å². The molecule has 0 saturated heterocycles. The molecule has 0 aromatic carbocycles. The summed E-state index contributed by atoms with van der Waals surface area (Å²) < 4.78 is 5.67. The van der Waals surface area contributed by atoms with Crippen molar-refractivity contribution in [3.8, 4) is 0 Å². The van der Waals surface area contributed by atoms with E-state index in [2.05, 4.69) is 39.9 Å². The number of hydrogen-bond acceptors (Lipinski definition) is 1. The second kappa shape index (κ2) is 11.6. The fourth-order valence-corrected chi connectivity index (χ4v) is 2.21. The van der Waals surface area contributed by atoms with Crippen LogP contribution < -0.4 is 0 Å². The summed E-state index contributed by atoms with van der Waals surface area (Å²) in [6.45, 7) is 12.6. The molecule has 0 aliphatic rings. The van der Waals surface area contributed by atoms with Crippen molar-refractivity contribution < 1.29 is 4.74 Å². The lowest BCUT2D eigenvalue weighted by Crippen LogP contribution is -2.25. The first-order valence-corrected chi connectivity index (χ1v) is 11.2. The molecule has 2 heteroatoms. The molecule has 0 aromatic rings. The minimum absolute atomic E-state index is 0.406. The van der Waals surface area contributed by atoms with Gasteiger partial charge in [-0.3, -0.25) is 0 Å². The summed E-state index contributed by atoms with van der Waals surface area (Å²) in [6, 6.07) is 0. The van der Waals surface area contributed by atoms with E-state index >= 15 is 0 Å². The van der Waals surface area contributed by atoms with Crippen LogP contribution in [0.3, 0.4) is 0 Å². The van der Waals surface area contributed by atoms with Gasteiger partial charge in [-0.15, -0.1) is 0 Å². The Morgan fingerprint density at radius 2 is 1.53 bits per heavy atom. The van der Waals surface area contributed by atoms with Crippen LogP contribution in [0.5, 0.6) is 0 Å². The van der Waals surface area contributed by atoms with Crippen molar-refractivity contribution >= 4 is 8.80 Å². The highest BCUT2D eigenvalue weighted by molar-refractivity contribution is 6.59. The van der Waals surface area contributed by atoms with Crippen molar-refractivity contribution in [3.63, 3.8) is 0 Å². The van der Waals surface area contributed by atoms with E-state index in [-0.39, 0.29) is 0 Å². The summed E-state index contributed by atoms with van der Waals surface area (Å²) in [5.74, 6) is 0. The van der Waals surface area contributed by atoms with Gasteiger partial charge in [0.25, 0.3) is 0 Å². The predicted molar refractivity (Wildman–Crippen MR) is 90.6 cm³/mol. The summed E-state index contributed by atoms with van der Waals surface area (Å²) >= 11 is 0. The molecule has 0 amide bonds. The number of rotatable bonds is 12. The number of ether oxygens (including phenoxy) is 1. The average molecular weight is 285 g/mol. The minimum atomic E-state index is -0.623. The maximum atomic E-state index is 5.67. The zero-order valence-corrected chi connectivity index (χ0v) is 15.2. The fourth-order valence-electron chi connectivity index (χ4n) is 1.78. The zero-order valence-electron chi connectivity index (χ0n) is 14.0. The molecule has 0 aliphatic heterocycles. The molecule has 0 N–H and O–H groups in total. The van der Waals surface area contributed by atoms with Gasteiger partial charge in [0.05, 0.1) is 12.9 Å². The molecular formula is C17H36OSi. The molecule has 19 heavy (non-hydrogen) atoms. The van der Waals surface area contributed by atoms with Crippen LogP contribution in [0.25, 0.3) is 0 Å². The second-order valence-electron chi connectivity index (χ2n) is 6.74. The Morgan fingerprint density at radius 3 is 2.11 bits per heavy atom. The lowest BCUT2D eigenvalue weighted by Gasteiger charge is -2.27. The molecule has 0 aliphatic carbocycles. The first kappa shape index (κ1) is 18.8. The highest BCUT2D eigenvalue weighted by Gasteiger charge is 2.23. The van der Waals surface area contributed by atoms with Crippen molar-refractivity contribution in [1.82, 2.24) is 0 Å². The van der Waals surface area contributed by atoms with Gasteiger partial charge in [0, 0.05) is 8.80 Å². The largest absolute Gasteiger partial charge is 0.501 e. The lowest BCUT2D eigenvalue weighted by atomic mass is 10.1. The summed E-state index contributed by atoms with van der Waals surface area (Å²) in [4.78, 5) is 0. The van der Waals surface area contributed by atoms with Gasteiger partial charge in [0.1, 0.15) is 0 Å². The summed E-state index contributed by atoms with van der Waals surface area (Å²) in [5, 5.41) is 0.406. The van der Waals surface area contributed by atoms with Gasteiger partial charge in [-0.05, 0) is 24.0 Å². The van der Waals surface area contributed by atoms with Gasteiger partial charge in [-0.1, -0.05) is 72.4 Å². The average Bonchev–Trinajstić information content (AvgIpc) is 2.35. The van der Waals surface area contributed by atoms with Crippen molar-refractivity contribution in [2.24, 2.45) is 0 Å². The first-order chi connectivity index (χ1) is 9.00. The maximum absolute atomic E-state index is 5.67. The Kier molecular flexibility index (Phi) is 11.4. The fraction of sp³-hybridized carbons (Fsp3) is 0.882. The molecule has 0 rings (SSSR count). The van der Waals surface area contributed by atoms with E-state index in [9.17, 15) is 0 Å². The highest BCUT2D eigenvalue weighted by Crippen LogP contribution is 2.28. The molecule has 1 nitrogen and oxygen atoms in total. The van der Waals surface area contributed by atoms with Gasteiger partial charge in [-0.25, -0.2) is 0 Å². The van der Waals surface area contributed by atoms with Crippen LogP contribution in [0.4, 0.5) is 0 Å². The molecule has 0 fully saturated rings. The summed E-state index contributed by atoms with van der Waals surface area (Å²) in [6.07, 6.45) is 15.0. The molecule has 0 unspecified atom stereocenters. The third-order valence-electron chi connectivity index (χ3n) is 4.19. The molecule has 0 radical (unpaired) electrons. The number of unbranched alkanes of at least 4 members (excludes halogenated alkanes) is 7. The van der Waals surface area contributed by atoms with E-state index in [0.29, 0.717) is 5.04 Å². The van der Waals surface area contributed by atoms with Gasteiger partial charge >= 0.3 is 0 Å². The molecule has 0 aromatic heterocycles. The van der Waals surface area contributed by atoms with Crippen LogP contribution in [0, 0.1) is 0 Å². The molecule has 0 bridgehead atoms. The van der Waals surface area contributed by atoms with Gasteiger partial charge in [0.2, 0.25) is 0 Å². The van der Waals surface area contributed by atoms with Crippen LogP contribution in [0.1, 0.15) is 72.1 Å². The Morgan fingerprint density at radius 1 is 0.947 bits per heavy atom. The molecule has 0 atom stereocenters. The molecule has 0 spiro atoms. The van der Waals surface area contributed by atoms with Crippen molar-refractivity contribution in [2.45, 2.75) is 90.3 Å². The predicted octanol–water partition coefficient (Wildman–Crippen LogP) is 5.92. The quantitative estimate of drug-likeness (QED) is 0.245. The number of allylic oxidation sites excluding steroid dienone is 1. The number of hydrogen-bond donors (Lipinski definition) is 0. The second-order valence-corrected chi connectivity index (χ2v) is 10.6. The Balaban J connectivity index is 3.35.